The zero-order valence-electron chi connectivity index (χ0n) is 18.1. The van der Waals surface area contributed by atoms with Crippen molar-refractivity contribution in [2.75, 3.05) is 5.32 Å². The number of nitrogens with zero attached hydrogens (tertiary/aromatic N) is 1. The first-order chi connectivity index (χ1) is 16.3. The number of ether oxygens (including phenoxy) is 1. The summed E-state index contributed by atoms with van der Waals surface area (Å²) in [5, 5.41) is 18.8. The first kappa shape index (κ1) is 22.8. The summed E-state index contributed by atoms with van der Waals surface area (Å²) in [6.45, 7) is 2.20. The molecule has 0 aromatic heterocycles. The molecule has 5 rings (SSSR count). The summed E-state index contributed by atoms with van der Waals surface area (Å²) in [6, 6.07) is 18.5. The SMILES string of the molecule is C[C@@H]1N[C@]2(C(=O)Nc3ccccc32)[C@@H]([N+](=O)[O-])[C@H]1c1ccc(OCc2ccc(Br)cc2)c(Cl)c1. The van der Waals surface area contributed by atoms with Crippen molar-refractivity contribution in [1.29, 1.82) is 0 Å². The van der Waals surface area contributed by atoms with Gasteiger partial charge in [0.05, 0.1) is 10.9 Å². The van der Waals surface area contributed by atoms with E-state index >= 15 is 0 Å². The summed E-state index contributed by atoms with van der Waals surface area (Å²) >= 11 is 9.94. The van der Waals surface area contributed by atoms with Crippen LogP contribution in [-0.4, -0.2) is 22.9 Å². The van der Waals surface area contributed by atoms with Gasteiger partial charge in [-0.25, -0.2) is 0 Å². The molecule has 0 saturated carbocycles. The van der Waals surface area contributed by atoms with Crippen molar-refractivity contribution in [3.05, 3.63) is 103 Å². The molecular weight excluding hydrogens is 522 g/mol. The van der Waals surface area contributed by atoms with Crippen LogP contribution < -0.4 is 15.4 Å². The van der Waals surface area contributed by atoms with Gasteiger partial charge < -0.3 is 10.1 Å². The predicted molar refractivity (Wildman–Crippen MR) is 133 cm³/mol. The molecule has 2 N–H and O–H groups in total. The highest BCUT2D eigenvalue weighted by Gasteiger charge is 2.67. The van der Waals surface area contributed by atoms with Crippen molar-refractivity contribution < 1.29 is 14.5 Å². The standard InChI is InChI=1S/C25H21BrClN3O4/c1-14-22(16-8-11-21(19(27)12-16)34-13-15-6-9-17(26)10-7-15)23(30(32)33)25(29-14)18-4-2-3-5-20(18)28-24(25)31/h2-12,14,22-23,29H,13H2,1H3,(H,28,31)/t14-,22+,23-,25-/m0/s1. The Kier molecular flexibility index (Phi) is 5.83. The molecule has 0 bridgehead atoms. The van der Waals surface area contributed by atoms with Crippen molar-refractivity contribution in [1.82, 2.24) is 5.32 Å². The van der Waals surface area contributed by atoms with Gasteiger partial charge >= 0.3 is 0 Å². The van der Waals surface area contributed by atoms with E-state index in [1.54, 1.807) is 42.5 Å². The summed E-state index contributed by atoms with van der Waals surface area (Å²) in [5.41, 5.74) is 1.40. The Balaban J connectivity index is 1.46. The van der Waals surface area contributed by atoms with E-state index in [1.165, 1.54) is 0 Å². The van der Waals surface area contributed by atoms with Gasteiger partial charge in [0.15, 0.2) is 5.54 Å². The summed E-state index contributed by atoms with van der Waals surface area (Å²) in [6.07, 6.45) is 0. The monoisotopic (exact) mass is 541 g/mol. The predicted octanol–water partition coefficient (Wildman–Crippen LogP) is 5.25. The number of halogens is 2. The zero-order valence-corrected chi connectivity index (χ0v) is 20.5. The maximum Gasteiger partial charge on any atom is 0.256 e. The number of nitrogens with one attached hydrogen (secondary N) is 2. The van der Waals surface area contributed by atoms with Crippen LogP contribution in [0, 0.1) is 10.1 Å². The first-order valence-corrected chi connectivity index (χ1v) is 12.0. The van der Waals surface area contributed by atoms with Crippen LogP contribution in [0.1, 0.15) is 29.5 Å². The average molecular weight is 543 g/mol. The summed E-state index contributed by atoms with van der Waals surface area (Å²) in [4.78, 5) is 25.2. The molecule has 9 heteroatoms. The second-order valence-electron chi connectivity index (χ2n) is 8.60. The Hall–Kier alpha value is -2.94. The number of nitro groups is 1. The molecular formula is C25H21BrClN3O4. The highest BCUT2D eigenvalue weighted by Crippen LogP contribution is 2.50. The lowest BCUT2D eigenvalue weighted by Crippen LogP contribution is -2.54. The Bertz CT molecular complexity index is 1290. The lowest BCUT2D eigenvalue weighted by molar-refractivity contribution is -0.532. The normalized spacial score (nSPS) is 25.3. The van der Waals surface area contributed by atoms with Crippen molar-refractivity contribution in [3.8, 4) is 5.75 Å². The molecule has 0 aliphatic carbocycles. The Morgan fingerprint density at radius 3 is 2.59 bits per heavy atom. The zero-order chi connectivity index (χ0) is 24.0. The Morgan fingerprint density at radius 1 is 1.15 bits per heavy atom. The van der Waals surface area contributed by atoms with Gasteiger partial charge in [-0.1, -0.05) is 63.9 Å². The summed E-state index contributed by atoms with van der Waals surface area (Å²) in [5.74, 6) is -0.501. The second-order valence-corrected chi connectivity index (χ2v) is 9.92. The van der Waals surface area contributed by atoms with E-state index in [2.05, 4.69) is 26.6 Å². The molecule has 3 aromatic carbocycles. The molecule has 174 valence electrons. The van der Waals surface area contributed by atoms with Crippen LogP contribution in [0.3, 0.4) is 0 Å². The van der Waals surface area contributed by atoms with Crippen LogP contribution >= 0.6 is 27.5 Å². The number of carbonyl (C=O) groups is 1. The van der Waals surface area contributed by atoms with E-state index < -0.39 is 23.4 Å². The van der Waals surface area contributed by atoms with Crippen LogP contribution in [0.5, 0.6) is 5.75 Å². The Labute approximate surface area is 209 Å². The van der Waals surface area contributed by atoms with Gasteiger partial charge in [0.1, 0.15) is 12.4 Å². The van der Waals surface area contributed by atoms with E-state index in [-0.39, 0.29) is 11.0 Å². The van der Waals surface area contributed by atoms with Crippen molar-refractivity contribution >= 4 is 39.1 Å². The van der Waals surface area contributed by atoms with Crippen LogP contribution in [0.15, 0.2) is 71.2 Å². The lowest BCUT2D eigenvalue weighted by atomic mass is 9.78. The van der Waals surface area contributed by atoms with Gasteiger partial charge in [0.25, 0.3) is 11.9 Å². The minimum Gasteiger partial charge on any atom is -0.487 e. The molecule has 1 amide bonds. The number of fused-ring (bicyclic) bond motifs is 2. The molecule has 2 aliphatic heterocycles. The van der Waals surface area contributed by atoms with Crippen molar-refractivity contribution in [2.45, 2.75) is 37.1 Å². The summed E-state index contributed by atoms with van der Waals surface area (Å²) in [7, 11) is 0. The van der Waals surface area contributed by atoms with Gasteiger partial charge in [-0.2, -0.15) is 0 Å². The highest BCUT2D eigenvalue weighted by atomic mass is 79.9. The fourth-order valence-electron chi connectivity index (χ4n) is 5.14. The van der Waals surface area contributed by atoms with E-state index in [0.29, 0.717) is 34.2 Å². The molecule has 0 unspecified atom stereocenters. The number of rotatable bonds is 5. The van der Waals surface area contributed by atoms with Crippen LogP contribution in [0.4, 0.5) is 5.69 Å². The fourth-order valence-corrected chi connectivity index (χ4v) is 5.64. The van der Waals surface area contributed by atoms with Crippen LogP contribution in [0.25, 0.3) is 0 Å². The average Bonchev–Trinajstić information content (AvgIpc) is 3.28. The third kappa shape index (κ3) is 3.66. The maximum atomic E-state index is 13.1. The number of hydrogen-bond acceptors (Lipinski definition) is 5. The minimum absolute atomic E-state index is 0.339. The van der Waals surface area contributed by atoms with Crippen molar-refractivity contribution in [3.63, 3.8) is 0 Å². The van der Waals surface area contributed by atoms with E-state index in [0.717, 1.165) is 10.0 Å². The van der Waals surface area contributed by atoms with Crippen LogP contribution in [-0.2, 0) is 16.9 Å². The number of amides is 1. The third-order valence-corrected chi connectivity index (χ3v) is 7.44. The van der Waals surface area contributed by atoms with E-state index in [1.807, 2.05) is 31.2 Å². The number of anilines is 1. The van der Waals surface area contributed by atoms with Gasteiger partial charge in [-0.15, -0.1) is 0 Å². The largest absolute Gasteiger partial charge is 0.487 e. The Morgan fingerprint density at radius 2 is 1.88 bits per heavy atom. The number of benzene rings is 3. The lowest BCUT2D eigenvalue weighted by Gasteiger charge is -2.25. The minimum atomic E-state index is -1.45. The topological polar surface area (TPSA) is 93.5 Å². The van der Waals surface area contributed by atoms with E-state index in [9.17, 15) is 14.9 Å². The quantitative estimate of drug-likeness (QED) is 0.339. The van der Waals surface area contributed by atoms with Crippen LogP contribution in [0.2, 0.25) is 5.02 Å². The number of carbonyl (C=O) groups excluding carboxylic acids is 1. The first-order valence-electron chi connectivity index (χ1n) is 10.8. The molecule has 2 aliphatic rings. The van der Waals surface area contributed by atoms with Gasteiger partial charge in [-0.3, -0.25) is 20.2 Å². The number of hydrogen-bond donors (Lipinski definition) is 2. The third-order valence-electron chi connectivity index (χ3n) is 6.61. The van der Waals surface area contributed by atoms with Crippen molar-refractivity contribution in [2.24, 2.45) is 0 Å². The molecule has 0 radical (unpaired) electrons. The molecule has 1 spiro atoms. The molecule has 3 aromatic rings. The van der Waals surface area contributed by atoms with E-state index in [4.69, 9.17) is 16.3 Å². The molecule has 1 fully saturated rings. The number of para-hydroxylation sites is 1. The second kappa shape index (κ2) is 8.69. The molecule has 7 nitrogen and oxygen atoms in total. The van der Waals surface area contributed by atoms with Gasteiger partial charge in [0, 0.05) is 26.7 Å². The molecule has 4 atom stereocenters. The molecule has 34 heavy (non-hydrogen) atoms. The maximum absolute atomic E-state index is 13.1. The highest BCUT2D eigenvalue weighted by molar-refractivity contribution is 9.10. The molecule has 2 heterocycles. The fraction of sp³-hybridized carbons (Fsp3) is 0.240. The van der Waals surface area contributed by atoms with Gasteiger partial charge in [0.2, 0.25) is 0 Å². The smallest absolute Gasteiger partial charge is 0.256 e. The molecule has 1 saturated heterocycles. The van der Waals surface area contributed by atoms with Gasteiger partial charge in [-0.05, 0) is 48.4 Å². The summed E-state index contributed by atoms with van der Waals surface area (Å²) < 4.78 is 6.86.